The van der Waals surface area contributed by atoms with Crippen molar-refractivity contribution in [3.05, 3.63) is 58.9 Å². The van der Waals surface area contributed by atoms with Crippen LogP contribution in [0.25, 0.3) is 16.7 Å². The highest BCUT2D eigenvalue weighted by Crippen LogP contribution is 2.26. The van der Waals surface area contributed by atoms with Gasteiger partial charge in [0, 0.05) is 0 Å². The van der Waals surface area contributed by atoms with Crippen molar-refractivity contribution in [1.82, 2.24) is 9.55 Å². The van der Waals surface area contributed by atoms with Crippen molar-refractivity contribution in [2.75, 3.05) is 0 Å². The maximum atomic E-state index is 9.46. The molecule has 0 aliphatic heterocycles. The van der Waals surface area contributed by atoms with E-state index >= 15 is 0 Å². The van der Waals surface area contributed by atoms with E-state index in [4.69, 9.17) is 11.6 Å². The van der Waals surface area contributed by atoms with Crippen LogP contribution in [-0.4, -0.2) is 9.55 Å². The summed E-state index contributed by atoms with van der Waals surface area (Å²) in [5.41, 5.74) is 5.46. The molecule has 3 aromatic rings. The van der Waals surface area contributed by atoms with Gasteiger partial charge >= 0.3 is 0 Å². The monoisotopic (exact) mass is 295 g/mol. The number of alkyl halides is 1. The maximum Gasteiger partial charge on any atom is 0.129 e. The predicted molar refractivity (Wildman–Crippen MR) is 84.8 cm³/mol. The summed E-state index contributed by atoms with van der Waals surface area (Å²) in [5.74, 6) is 1.05. The largest absolute Gasteiger partial charge is 0.294 e. The Morgan fingerprint density at radius 1 is 1.24 bits per heavy atom. The molecule has 0 atom stereocenters. The second-order valence-corrected chi connectivity index (χ2v) is 5.34. The molecule has 0 aliphatic rings. The summed E-state index contributed by atoms with van der Waals surface area (Å²) >= 11 is 6.06. The van der Waals surface area contributed by atoms with Crippen molar-refractivity contribution in [3.63, 3.8) is 0 Å². The molecule has 0 amide bonds. The van der Waals surface area contributed by atoms with E-state index in [1.54, 1.807) is 0 Å². The Kier molecular flexibility index (Phi) is 3.40. The van der Waals surface area contributed by atoms with Gasteiger partial charge < -0.3 is 0 Å². The Labute approximate surface area is 128 Å². The molecular formula is C17H14ClN3. The summed E-state index contributed by atoms with van der Waals surface area (Å²) in [6.45, 7) is 3.97. The summed E-state index contributed by atoms with van der Waals surface area (Å²) in [7, 11) is 0. The zero-order valence-corrected chi connectivity index (χ0v) is 12.6. The van der Waals surface area contributed by atoms with E-state index in [1.165, 1.54) is 0 Å². The van der Waals surface area contributed by atoms with Crippen LogP contribution in [0.4, 0.5) is 0 Å². The van der Waals surface area contributed by atoms with E-state index in [9.17, 15) is 5.26 Å². The lowest BCUT2D eigenvalue weighted by Crippen LogP contribution is -2.03. The minimum Gasteiger partial charge on any atom is -0.294 e. The standard InChI is InChI=1S/C17H14ClN3/c1-11-6-7-16-14(8-11)20-17(9-18)21(16)15-5-3-4-12(2)13(15)10-19/h3-8H,9H2,1-2H3. The molecule has 1 heterocycles. The number of nitriles is 1. The fourth-order valence-electron chi connectivity index (χ4n) is 2.58. The van der Waals surface area contributed by atoms with Crippen molar-refractivity contribution in [3.8, 4) is 11.8 Å². The van der Waals surface area contributed by atoms with Crippen LogP contribution in [-0.2, 0) is 5.88 Å². The molecule has 1 aromatic heterocycles. The number of hydrogen-bond acceptors (Lipinski definition) is 2. The third-order valence-corrected chi connectivity index (χ3v) is 3.84. The van der Waals surface area contributed by atoms with Crippen LogP contribution in [0.2, 0.25) is 0 Å². The summed E-state index contributed by atoms with van der Waals surface area (Å²) in [5, 5.41) is 9.46. The molecule has 0 radical (unpaired) electrons. The molecule has 104 valence electrons. The zero-order chi connectivity index (χ0) is 15.0. The van der Waals surface area contributed by atoms with Crippen molar-refractivity contribution < 1.29 is 0 Å². The Bertz CT molecular complexity index is 872. The molecule has 0 N–H and O–H groups in total. The molecule has 2 aromatic carbocycles. The Morgan fingerprint density at radius 3 is 2.76 bits per heavy atom. The van der Waals surface area contributed by atoms with Crippen LogP contribution in [0.1, 0.15) is 22.5 Å². The van der Waals surface area contributed by atoms with Gasteiger partial charge in [-0.25, -0.2) is 4.98 Å². The zero-order valence-electron chi connectivity index (χ0n) is 11.9. The van der Waals surface area contributed by atoms with Gasteiger partial charge in [0.2, 0.25) is 0 Å². The van der Waals surface area contributed by atoms with Gasteiger partial charge in [-0.2, -0.15) is 5.26 Å². The van der Waals surface area contributed by atoms with Crippen LogP contribution in [0.5, 0.6) is 0 Å². The minimum absolute atomic E-state index is 0.298. The topological polar surface area (TPSA) is 41.6 Å². The highest BCUT2D eigenvalue weighted by Gasteiger charge is 2.15. The quantitative estimate of drug-likeness (QED) is 0.663. The number of imidazole rings is 1. The number of halogens is 1. The second-order valence-electron chi connectivity index (χ2n) is 5.07. The van der Waals surface area contributed by atoms with Gasteiger partial charge in [0.1, 0.15) is 11.9 Å². The first-order valence-corrected chi connectivity index (χ1v) is 7.23. The minimum atomic E-state index is 0.298. The predicted octanol–water partition coefficient (Wildman–Crippen LogP) is 4.25. The van der Waals surface area contributed by atoms with E-state index < -0.39 is 0 Å². The summed E-state index contributed by atoms with van der Waals surface area (Å²) in [6, 6.07) is 14.2. The van der Waals surface area contributed by atoms with Crippen LogP contribution in [0, 0.1) is 25.2 Å². The van der Waals surface area contributed by atoms with Gasteiger partial charge in [0.05, 0.1) is 28.2 Å². The van der Waals surface area contributed by atoms with Crippen molar-refractivity contribution >= 4 is 22.6 Å². The van der Waals surface area contributed by atoms with Gasteiger partial charge in [-0.3, -0.25) is 4.57 Å². The van der Waals surface area contributed by atoms with E-state index in [1.807, 2.05) is 54.8 Å². The molecule has 4 heteroatoms. The van der Waals surface area contributed by atoms with Crippen molar-refractivity contribution in [1.29, 1.82) is 5.26 Å². The lowest BCUT2D eigenvalue weighted by Gasteiger charge is -2.11. The lowest BCUT2D eigenvalue weighted by molar-refractivity contribution is 0.976. The number of benzene rings is 2. The summed E-state index contributed by atoms with van der Waals surface area (Å²) in [6.07, 6.45) is 0. The van der Waals surface area contributed by atoms with Crippen molar-refractivity contribution in [2.45, 2.75) is 19.7 Å². The smallest absolute Gasteiger partial charge is 0.129 e. The molecule has 0 fully saturated rings. The highest BCUT2D eigenvalue weighted by atomic mass is 35.5. The van der Waals surface area contributed by atoms with Crippen LogP contribution in [0.15, 0.2) is 36.4 Å². The average Bonchev–Trinajstić information content (AvgIpc) is 2.84. The van der Waals surface area contributed by atoms with E-state index in [2.05, 4.69) is 11.1 Å². The van der Waals surface area contributed by atoms with Crippen molar-refractivity contribution in [2.24, 2.45) is 0 Å². The number of fused-ring (bicyclic) bond motifs is 1. The number of rotatable bonds is 2. The highest BCUT2D eigenvalue weighted by molar-refractivity contribution is 6.17. The first-order valence-electron chi connectivity index (χ1n) is 6.69. The molecule has 3 rings (SSSR count). The normalized spacial score (nSPS) is 10.8. The molecule has 0 saturated carbocycles. The Morgan fingerprint density at radius 2 is 2.05 bits per heavy atom. The third-order valence-electron chi connectivity index (χ3n) is 3.60. The van der Waals surface area contributed by atoms with Crippen LogP contribution >= 0.6 is 11.6 Å². The van der Waals surface area contributed by atoms with E-state index in [0.717, 1.165) is 33.7 Å². The van der Waals surface area contributed by atoms with E-state index in [0.29, 0.717) is 11.4 Å². The Balaban J connectivity index is 2.40. The molecule has 3 nitrogen and oxygen atoms in total. The Hall–Kier alpha value is -2.31. The fraction of sp³-hybridized carbons (Fsp3) is 0.176. The first kappa shape index (κ1) is 13.7. The van der Waals surface area contributed by atoms with Gasteiger partial charge in [0.15, 0.2) is 0 Å². The first-order chi connectivity index (χ1) is 10.2. The SMILES string of the molecule is Cc1ccc2c(c1)nc(CCl)n2-c1cccc(C)c1C#N. The fourth-order valence-corrected chi connectivity index (χ4v) is 2.76. The number of aryl methyl sites for hydroxylation is 2. The van der Waals surface area contributed by atoms with E-state index in [-0.39, 0.29) is 0 Å². The summed E-state index contributed by atoms with van der Waals surface area (Å²) < 4.78 is 1.98. The number of hydrogen-bond donors (Lipinski definition) is 0. The van der Waals surface area contributed by atoms with Gasteiger partial charge in [0.25, 0.3) is 0 Å². The van der Waals surface area contributed by atoms with Gasteiger partial charge in [-0.05, 0) is 43.2 Å². The average molecular weight is 296 g/mol. The van der Waals surface area contributed by atoms with Crippen LogP contribution < -0.4 is 0 Å². The number of nitrogens with zero attached hydrogens (tertiary/aromatic N) is 3. The lowest BCUT2D eigenvalue weighted by atomic mass is 10.1. The molecular weight excluding hydrogens is 282 g/mol. The van der Waals surface area contributed by atoms with Gasteiger partial charge in [-0.1, -0.05) is 18.2 Å². The maximum absolute atomic E-state index is 9.46. The molecule has 21 heavy (non-hydrogen) atoms. The summed E-state index contributed by atoms with van der Waals surface area (Å²) in [4.78, 5) is 4.60. The van der Waals surface area contributed by atoms with Gasteiger partial charge in [-0.15, -0.1) is 11.6 Å². The van der Waals surface area contributed by atoms with Crippen LogP contribution in [0.3, 0.4) is 0 Å². The molecule has 0 unspecified atom stereocenters. The molecule has 0 spiro atoms. The molecule has 0 bridgehead atoms. The number of aromatic nitrogens is 2. The third kappa shape index (κ3) is 2.18. The molecule has 0 aliphatic carbocycles. The second kappa shape index (κ2) is 5.23. The molecule has 0 saturated heterocycles.